The van der Waals surface area contributed by atoms with Gasteiger partial charge in [-0.15, -0.1) is 0 Å². The highest BCUT2D eigenvalue weighted by atomic mass is 16.5. The molecule has 0 bridgehead atoms. The Morgan fingerprint density at radius 2 is 2.04 bits per heavy atom. The van der Waals surface area contributed by atoms with Gasteiger partial charge in [-0.05, 0) is 0 Å². The maximum atomic E-state index is 13.0. The SMILES string of the molecule is O=C(c1cnc2nc[nH]n2c1=O)N1CCc2onc(-c3ccccc3)c2C1. The summed E-state index contributed by atoms with van der Waals surface area (Å²) in [5.41, 5.74) is 2.05. The second-order valence-corrected chi connectivity index (χ2v) is 6.28. The second kappa shape index (κ2) is 5.90. The van der Waals surface area contributed by atoms with Crippen LogP contribution in [-0.4, -0.2) is 42.1 Å². The predicted molar refractivity (Wildman–Crippen MR) is 94.0 cm³/mol. The predicted octanol–water partition coefficient (Wildman–Crippen LogP) is 1.27. The van der Waals surface area contributed by atoms with Gasteiger partial charge in [-0.25, -0.2) is 9.97 Å². The number of aromatic amines is 1. The van der Waals surface area contributed by atoms with Gasteiger partial charge < -0.3 is 9.42 Å². The fourth-order valence-electron chi connectivity index (χ4n) is 3.32. The van der Waals surface area contributed by atoms with E-state index in [2.05, 4.69) is 20.2 Å². The van der Waals surface area contributed by atoms with E-state index in [1.165, 1.54) is 12.5 Å². The standard InChI is InChI=1S/C18H14N6O3/c25-16(12-8-19-18-20-10-21-24(18)17(12)26)23-7-6-14-13(9-23)15(22-27-14)11-4-2-1-3-5-11/h1-5,8,10H,6-7,9H2,(H,19,20,21). The molecule has 9 nitrogen and oxygen atoms in total. The van der Waals surface area contributed by atoms with E-state index < -0.39 is 5.56 Å². The Labute approximate surface area is 152 Å². The summed E-state index contributed by atoms with van der Waals surface area (Å²) in [6.45, 7) is 0.771. The topological polar surface area (TPSA) is 109 Å². The Hall–Kier alpha value is -3.75. The quantitative estimate of drug-likeness (QED) is 0.575. The zero-order chi connectivity index (χ0) is 18.4. The summed E-state index contributed by atoms with van der Waals surface area (Å²) < 4.78 is 6.62. The van der Waals surface area contributed by atoms with Crippen LogP contribution in [0.1, 0.15) is 21.7 Å². The number of aromatic nitrogens is 5. The van der Waals surface area contributed by atoms with Crippen LogP contribution in [0.2, 0.25) is 0 Å². The van der Waals surface area contributed by atoms with Crippen molar-refractivity contribution in [1.29, 1.82) is 0 Å². The summed E-state index contributed by atoms with van der Waals surface area (Å²) in [7, 11) is 0. The minimum Gasteiger partial charge on any atom is -0.360 e. The molecule has 0 unspecified atom stereocenters. The lowest BCUT2D eigenvalue weighted by atomic mass is 10.0. The van der Waals surface area contributed by atoms with Crippen molar-refractivity contribution in [3.05, 3.63) is 70.1 Å². The van der Waals surface area contributed by atoms with Gasteiger partial charge >= 0.3 is 0 Å². The summed E-state index contributed by atoms with van der Waals surface area (Å²) in [5.74, 6) is 0.627. The average Bonchev–Trinajstić information content (AvgIpc) is 3.35. The van der Waals surface area contributed by atoms with E-state index in [1.807, 2.05) is 30.3 Å². The Morgan fingerprint density at radius 3 is 2.89 bits per heavy atom. The van der Waals surface area contributed by atoms with Crippen molar-refractivity contribution in [3.8, 4) is 11.3 Å². The van der Waals surface area contributed by atoms with Gasteiger partial charge in [0.25, 0.3) is 17.2 Å². The highest BCUT2D eigenvalue weighted by molar-refractivity contribution is 5.94. The molecule has 1 amide bonds. The number of H-pyrrole nitrogens is 1. The minimum atomic E-state index is -0.470. The number of fused-ring (bicyclic) bond motifs is 2. The number of rotatable bonds is 2. The van der Waals surface area contributed by atoms with Gasteiger partial charge in [0.05, 0.1) is 6.54 Å². The highest BCUT2D eigenvalue weighted by Gasteiger charge is 2.29. The van der Waals surface area contributed by atoms with Crippen molar-refractivity contribution < 1.29 is 9.32 Å². The Balaban J connectivity index is 1.50. The molecule has 4 aromatic rings. The Kier molecular flexibility index (Phi) is 3.39. The molecule has 0 atom stereocenters. The van der Waals surface area contributed by atoms with Crippen LogP contribution in [-0.2, 0) is 13.0 Å². The number of carbonyl (C=O) groups excluding carboxylic acids is 1. The molecule has 1 N–H and O–H groups in total. The zero-order valence-electron chi connectivity index (χ0n) is 14.1. The molecule has 27 heavy (non-hydrogen) atoms. The number of carbonyl (C=O) groups is 1. The molecule has 134 valence electrons. The number of nitrogens with zero attached hydrogens (tertiary/aromatic N) is 5. The number of hydrogen-bond acceptors (Lipinski definition) is 6. The van der Waals surface area contributed by atoms with Crippen LogP contribution >= 0.6 is 0 Å². The fraction of sp³-hybridized carbons (Fsp3) is 0.167. The van der Waals surface area contributed by atoms with E-state index >= 15 is 0 Å². The minimum absolute atomic E-state index is 0.00193. The first-order valence-electron chi connectivity index (χ1n) is 8.45. The second-order valence-electron chi connectivity index (χ2n) is 6.28. The third kappa shape index (κ3) is 2.43. The van der Waals surface area contributed by atoms with Crippen molar-refractivity contribution in [1.82, 2.24) is 29.6 Å². The Morgan fingerprint density at radius 1 is 1.19 bits per heavy atom. The van der Waals surface area contributed by atoms with Gasteiger partial charge in [0, 0.05) is 30.3 Å². The molecule has 0 aliphatic carbocycles. The third-order valence-electron chi connectivity index (χ3n) is 4.70. The first-order chi connectivity index (χ1) is 13.2. The lowest BCUT2D eigenvalue weighted by Crippen LogP contribution is -2.39. The molecule has 0 saturated heterocycles. The van der Waals surface area contributed by atoms with E-state index in [1.54, 1.807) is 4.90 Å². The van der Waals surface area contributed by atoms with Gasteiger partial charge in [-0.3, -0.25) is 14.7 Å². The Bertz CT molecular complexity index is 1210. The van der Waals surface area contributed by atoms with E-state index in [9.17, 15) is 9.59 Å². The number of amides is 1. The van der Waals surface area contributed by atoms with E-state index in [4.69, 9.17) is 4.52 Å². The molecule has 0 spiro atoms. The molecule has 3 aromatic heterocycles. The average molecular weight is 362 g/mol. The van der Waals surface area contributed by atoms with E-state index in [0.717, 1.165) is 27.1 Å². The van der Waals surface area contributed by atoms with Gasteiger partial charge in [0.15, 0.2) is 0 Å². The number of nitrogens with one attached hydrogen (secondary N) is 1. The molecule has 1 aromatic carbocycles. The summed E-state index contributed by atoms with van der Waals surface area (Å²) in [6.07, 6.45) is 3.18. The molecule has 0 saturated carbocycles. The van der Waals surface area contributed by atoms with E-state index in [-0.39, 0.29) is 17.2 Å². The van der Waals surface area contributed by atoms with Gasteiger partial charge in [-0.1, -0.05) is 35.5 Å². The van der Waals surface area contributed by atoms with Crippen molar-refractivity contribution in [2.75, 3.05) is 6.54 Å². The van der Waals surface area contributed by atoms with Crippen LogP contribution in [0.4, 0.5) is 0 Å². The van der Waals surface area contributed by atoms with Crippen molar-refractivity contribution >= 4 is 11.7 Å². The third-order valence-corrected chi connectivity index (χ3v) is 4.70. The summed E-state index contributed by atoms with van der Waals surface area (Å²) in [5, 5.41) is 6.84. The highest BCUT2D eigenvalue weighted by Crippen LogP contribution is 2.30. The first-order valence-corrected chi connectivity index (χ1v) is 8.45. The van der Waals surface area contributed by atoms with Crippen LogP contribution < -0.4 is 5.56 Å². The monoisotopic (exact) mass is 362 g/mol. The van der Waals surface area contributed by atoms with Crippen molar-refractivity contribution in [3.63, 3.8) is 0 Å². The lowest BCUT2D eigenvalue weighted by Gasteiger charge is -2.26. The fourth-order valence-corrected chi connectivity index (χ4v) is 3.32. The van der Waals surface area contributed by atoms with Gasteiger partial charge in [0.1, 0.15) is 23.3 Å². The van der Waals surface area contributed by atoms with Crippen LogP contribution in [0.5, 0.6) is 0 Å². The molecular formula is C18H14N6O3. The maximum Gasteiger partial charge on any atom is 0.286 e. The summed E-state index contributed by atoms with van der Waals surface area (Å²) in [4.78, 5) is 35.1. The first kappa shape index (κ1) is 15.5. The van der Waals surface area contributed by atoms with Crippen molar-refractivity contribution in [2.45, 2.75) is 13.0 Å². The van der Waals surface area contributed by atoms with Crippen LogP contribution in [0, 0.1) is 0 Å². The molecule has 9 heteroatoms. The van der Waals surface area contributed by atoms with Crippen molar-refractivity contribution in [2.24, 2.45) is 0 Å². The molecule has 5 rings (SSSR count). The number of hydrogen-bond donors (Lipinski definition) is 1. The maximum absolute atomic E-state index is 13.0. The number of benzene rings is 1. The van der Waals surface area contributed by atoms with E-state index in [0.29, 0.717) is 19.5 Å². The smallest absolute Gasteiger partial charge is 0.286 e. The molecular weight excluding hydrogens is 348 g/mol. The van der Waals surface area contributed by atoms with Crippen LogP contribution in [0.25, 0.3) is 17.0 Å². The molecule has 1 aliphatic rings. The molecule has 1 aliphatic heterocycles. The lowest BCUT2D eigenvalue weighted by molar-refractivity contribution is 0.0726. The van der Waals surface area contributed by atoms with Crippen LogP contribution in [0.3, 0.4) is 0 Å². The normalized spacial score (nSPS) is 13.7. The van der Waals surface area contributed by atoms with Gasteiger partial charge in [-0.2, -0.15) is 4.52 Å². The summed E-state index contributed by atoms with van der Waals surface area (Å²) >= 11 is 0. The summed E-state index contributed by atoms with van der Waals surface area (Å²) in [6, 6.07) is 9.67. The van der Waals surface area contributed by atoms with Gasteiger partial charge in [0.2, 0.25) is 0 Å². The molecule has 0 radical (unpaired) electrons. The van der Waals surface area contributed by atoms with Crippen LogP contribution in [0.15, 0.2) is 52.2 Å². The zero-order valence-corrected chi connectivity index (χ0v) is 14.1. The molecule has 0 fully saturated rings. The molecule has 4 heterocycles. The largest absolute Gasteiger partial charge is 0.360 e.